The van der Waals surface area contributed by atoms with Crippen molar-refractivity contribution in [3.05, 3.63) is 59.9 Å². The summed E-state index contributed by atoms with van der Waals surface area (Å²) in [6, 6.07) is 12.8. The summed E-state index contributed by atoms with van der Waals surface area (Å²) in [5, 5.41) is 2.82. The smallest absolute Gasteiger partial charge is 0.230 e. The average Bonchev–Trinajstić information content (AvgIpc) is 3.04. The molecule has 2 aromatic carbocycles. The van der Waals surface area contributed by atoms with Gasteiger partial charge in [-0.15, -0.1) is 0 Å². The number of nitrogens with one attached hydrogen (secondary N) is 1. The van der Waals surface area contributed by atoms with E-state index >= 15 is 0 Å². The van der Waals surface area contributed by atoms with Gasteiger partial charge in [-0.3, -0.25) is 9.59 Å². The van der Waals surface area contributed by atoms with Gasteiger partial charge in [0.05, 0.1) is 19.1 Å². The summed E-state index contributed by atoms with van der Waals surface area (Å²) < 4.78 is 18.3. The molecule has 1 heterocycles. The van der Waals surface area contributed by atoms with Crippen molar-refractivity contribution < 1.29 is 18.7 Å². The highest BCUT2D eigenvalue weighted by Crippen LogP contribution is 2.39. The Hall–Kier alpha value is -2.89. The van der Waals surface area contributed by atoms with Crippen LogP contribution < -0.4 is 10.1 Å². The van der Waals surface area contributed by atoms with Gasteiger partial charge in [-0.2, -0.15) is 0 Å². The number of likely N-dealkylation sites (tertiary alicyclic amines) is 1. The van der Waals surface area contributed by atoms with Crippen LogP contribution in [0.15, 0.2) is 48.5 Å². The molecular formula is C22H25FN2O3. The molecule has 0 saturated carbocycles. The molecular weight excluding hydrogens is 359 g/mol. The van der Waals surface area contributed by atoms with Crippen LogP contribution in [0.25, 0.3) is 0 Å². The zero-order valence-electron chi connectivity index (χ0n) is 16.2. The maximum atomic E-state index is 13.1. The summed E-state index contributed by atoms with van der Waals surface area (Å²) in [5.74, 6) is -0.410. The molecule has 1 saturated heterocycles. The lowest BCUT2D eigenvalue weighted by Crippen LogP contribution is -2.33. The monoisotopic (exact) mass is 384 g/mol. The fourth-order valence-electron chi connectivity index (χ4n) is 3.60. The molecule has 2 aromatic rings. The lowest BCUT2D eigenvalue weighted by molar-refractivity contribution is -0.129. The number of anilines is 1. The van der Waals surface area contributed by atoms with Crippen molar-refractivity contribution in [1.82, 2.24) is 4.90 Å². The Morgan fingerprint density at radius 3 is 2.46 bits per heavy atom. The number of hydrogen-bond donors (Lipinski definition) is 1. The Kier molecular flexibility index (Phi) is 6.29. The molecule has 1 fully saturated rings. The molecule has 2 unspecified atom stereocenters. The van der Waals surface area contributed by atoms with Crippen LogP contribution in [0.1, 0.15) is 37.8 Å². The van der Waals surface area contributed by atoms with Gasteiger partial charge in [-0.05, 0) is 48.4 Å². The number of ether oxygens (including phenoxy) is 1. The minimum Gasteiger partial charge on any atom is -0.497 e. The second-order valence-electron chi connectivity index (χ2n) is 6.97. The van der Waals surface area contributed by atoms with E-state index < -0.39 is 5.92 Å². The number of rotatable bonds is 7. The maximum absolute atomic E-state index is 13.1. The molecule has 1 aliphatic rings. The molecule has 0 spiro atoms. The van der Waals surface area contributed by atoms with E-state index in [1.807, 2.05) is 24.3 Å². The van der Waals surface area contributed by atoms with E-state index in [1.165, 1.54) is 24.3 Å². The predicted octanol–water partition coefficient (Wildman–Crippen LogP) is 4.16. The van der Waals surface area contributed by atoms with Gasteiger partial charge in [0.15, 0.2) is 0 Å². The molecule has 2 atom stereocenters. The van der Waals surface area contributed by atoms with Crippen LogP contribution in [0, 0.1) is 11.7 Å². The third-order valence-corrected chi connectivity index (χ3v) is 5.09. The SMILES string of the molecule is CCCCN1C(=O)CC(C(=O)Nc2ccc(F)cc2)C1c1ccc(OC)cc1. The van der Waals surface area contributed by atoms with Gasteiger partial charge in [-0.1, -0.05) is 25.5 Å². The number of methoxy groups -OCH3 is 1. The zero-order valence-corrected chi connectivity index (χ0v) is 16.2. The van der Waals surface area contributed by atoms with Crippen molar-refractivity contribution in [3.63, 3.8) is 0 Å². The summed E-state index contributed by atoms with van der Waals surface area (Å²) in [6.45, 7) is 2.69. The van der Waals surface area contributed by atoms with E-state index in [4.69, 9.17) is 4.74 Å². The number of halogens is 1. The van der Waals surface area contributed by atoms with Crippen molar-refractivity contribution in [2.45, 2.75) is 32.2 Å². The quantitative estimate of drug-likeness (QED) is 0.780. The molecule has 148 valence electrons. The molecule has 1 aliphatic heterocycles. The molecule has 3 rings (SSSR count). The molecule has 0 bridgehead atoms. The van der Waals surface area contributed by atoms with Gasteiger partial charge >= 0.3 is 0 Å². The molecule has 0 aliphatic carbocycles. The Morgan fingerprint density at radius 1 is 1.18 bits per heavy atom. The van der Waals surface area contributed by atoms with Gasteiger partial charge in [-0.25, -0.2) is 4.39 Å². The Labute approximate surface area is 164 Å². The minimum absolute atomic E-state index is 0.0199. The maximum Gasteiger partial charge on any atom is 0.230 e. The lowest BCUT2D eigenvalue weighted by atomic mass is 9.92. The lowest BCUT2D eigenvalue weighted by Gasteiger charge is -2.28. The fourth-order valence-corrected chi connectivity index (χ4v) is 3.60. The van der Waals surface area contributed by atoms with E-state index in [2.05, 4.69) is 12.2 Å². The number of carbonyl (C=O) groups is 2. The first-order chi connectivity index (χ1) is 13.5. The summed E-state index contributed by atoms with van der Waals surface area (Å²) in [6.07, 6.45) is 2.00. The summed E-state index contributed by atoms with van der Waals surface area (Å²) in [4.78, 5) is 27.4. The first-order valence-corrected chi connectivity index (χ1v) is 9.53. The van der Waals surface area contributed by atoms with E-state index in [0.29, 0.717) is 12.2 Å². The molecule has 2 amide bonds. The van der Waals surface area contributed by atoms with E-state index in [9.17, 15) is 14.0 Å². The van der Waals surface area contributed by atoms with Crippen LogP contribution in [0.2, 0.25) is 0 Å². The van der Waals surface area contributed by atoms with Crippen molar-refractivity contribution in [2.75, 3.05) is 19.0 Å². The Bertz CT molecular complexity index is 821. The number of unbranched alkanes of at least 4 members (excludes halogenated alkanes) is 1. The minimum atomic E-state index is -0.511. The van der Waals surface area contributed by atoms with E-state index in [1.54, 1.807) is 12.0 Å². The van der Waals surface area contributed by atoms with E-state index in [0.717, 1.165) is 24.2 Å². The van der Waals surface area contributed by atoms with Crippen molar-refractivity contribution in [3.8, 4) is 5.75 Å². The zero-order chi connectivity index (χ0) is 20.1. The fraction of sp³-hybridized carbons (Fsp3) is 0.364. The van der Waals surface area contributed by atoms with Crippen LogP contribution in [0.4, 0.5) is 10.1 Å². The summed E-state index contributed by atoms with van der Waals surface area (Å²) in [7, 11) is 1.60. The van der Waals surface area contributed by atoms with Crippen molar-refractivity contribution in [2.24, 2.45) is 5.92 Å². The normalized spacial score (nSPS) is 19.0. The Morgan fingerprint density at radius 2 is 1.86 bits per heavy atom. The molecule has 0 radical (unpaired) electrons. The highest BCUT2D eigenvalue weighted by Gasteiger charge is 2.44. The standard InChI is InChI=1S/C22H25FN2O3/c1-3-4-13-25-20(26)14-19(21(25)15-5-11-18(28-2)12-6-15)22(27)24-17-9-7-16(23)8-10-17/h5-12,19,21H,3-4,13-14H2,1-2H3,(H,24,27). The second kappa shape index (κ2) is 8.87. The molecule has 0 aromatic heterocycles. The van der Waals surface area contributed by atoms with Crippen LogP contribution in [-0.2, 0) is 9.59 Å². The first-order valence-electron chi connectivity index (χ1n) is 9.53. The van der Waals surface area contributed by atoms with Crippen LogP contribution in [0.5, 0.6) is 5.75 Å². The van der Waals surface area contributed by atoms with Gasteiger partial charge in [0.25, 0.3) is 0 Å². The number of nitrogens with zero attached hydrogens (tertiary/aromatic N) is 1. The number of benzene rings is 2. The van der Waals surface area contributed by atoms with Gasteiger partial charge in [0.2, 0.25) is 11.8 Å². The molecule has 28 heavy (non-hydrogen) atoms. The van der Waals surface area contributed by atoms with Gasteiger partial charge < -0.3 is 15.0 Å². The predicted molar refractivity (Wildman–Crippen MR) is 105 cm³/mol. The highest BCUT2D eigenvalue weighted by atomic mass is 19.1. The number of amides is 2. The van der Waals surface area contributed by atoms with Gasteiger partial charge in [0.1, 0.15) is 11.6 Å². The third kappa shape index (κ3) is 4.32. The largest absolute Gasteiger partial charge is 0.497 e. The molecule has 1 N–H and O–H groups in total. The Balaban J connectivity index is 1.86. The third-order valence-electron chi connectivity index (χ3n) is 5.09. The van der Waals surface area contributed by atoms with Crippen LogP contribution >= 0.6 is 0 Å². The van der Waals surface area contributed by atoms with Gasteiger partial charge in [0, 0.05) is 18.7 Å². The first kappa shape index (κ1) is 19.9. The van der Waals surface area contributed by atoms with Crippen LogP contribution in [-0.4, -0.2) is 30.4 Å². The molecule has 6 heteroatoms. The van der Waals surface area contributed by atoms with Crippen molar-refractivity contribution in [1.29, 1.82) is 0 Å². The van der Waals surface area contributed by atoms with Crippen molar-refractivity contribution >= 4 is 17.5 Å². The summed E-state index contributed by atoms with van der Waals surface area (Å²) in [5.41, 5.74) is 1.42. The number of hydrogen-bond acceptors (Lipinski definition) is 3. The topological polar surface area (TPSA) is 58.6 Å². The second-order valence-corrected chi connectivity index (χ2v) is 6.97. The molecule has 5 nitrogen and oxygen atoms in total. The van der Waals surface area contributed by atoms with Crippen LogP contribution in [0.3, 0.4) is 0 Å². The summed E-state index contributed by atoms with van der Waals surface area (Å²) >= 11 is 0. The highest BCUT2D eigenvalue weighted by molar-refractivity contribution is 5.98. The number of carbonyl (C=O) groups excluding carboxylic acids is 2. The average molecular weight is 384 g/mol. The van der Waals surface area contributed by atoms with E-state index in [-0.39, 0.29) is 30.1 Å².